The number of benzene rings is 2. The van der Waals surface area contributed by atoms with E-state index in [9.17, 15) is 9.59 Å². The smallest absolute Gasteiger partial charge is 0.408 e. The van der Waals surface area contributed by atoms with E-state index in [0.717, 1.165) is 16.8 Å². The van der Waals surface area contributed by atoms with E-state index in [-0.39, 0.29) is 11.9 Å². The lowest BCUT2D eigenvalue weighted by Gasteiger charge is -2.25. The number of ether oxygens (including phenoxy) is 1. The molecule has 1 aliphatic heterocycles. The summed E-state index contributed by atoms with van der Waals surface area (Å²) in [4.78, 5) is 29.2. The summed E-state index contributed by atoms with van der Waals surface area (Å²) in [5, 5.41) is 5.17. The molecule has 2 aromatic carbocycles. The fourth-order valence-electron chi connectivity index (χ4n) is 4.19. The lowest BCUT2D eigenvalue weighted by molar-refractivity contribution is 0.0708. The quantitative estimate of drug-likeness (QED) is 0.462. The minimum atomic E-state index is -0.501. The van der Waals surface area contributed by atoms with E-state index < -0.39 is 5.76 Å². The molecule has 32 heavy (non-hydrogen) atoms. The first-order valence-corrected chi connectivity index (χ1v) is 10.6. The van der Waals surface area contributed by atoms with E-state index in [2.05, 4.69) is 10.1 Å². The summed E-state index contributed by atoms with van der Waals surface area (Å²) >= 11 is 6.47. The van der Waals surface area contributed by atoms with Gasteiger partial charge < -0.3 is 14.1 Å². The first-order chi connectivity index (χ1) is 15.5. The Morgan fingerprint density at radius 3 is 2.91 bits per heavy atom. The molecule has 1 aliphatic rings. The van der Waals surface area contributed by atoms with Crippen LogP contribution < -0.4 is 5.76 Å². The lowest BCUT2D eigenvalue weighted by atomic mass is 10.0. The molecule has 164 valence electrons. The van der Waals surface area contributed by atoms with Crippen LogP contribution in [0.2, 0.25) is 5.02 Å². The molecule has 0 radical (unpaired) electrons. The number of halogens is 1. The summed E-state index contributed by atoms with van der Waals surface area (Å²) in [6, 6.07) is 12.9. The van der Waals surface area contributed by atoms with Gasteiger partial charge in [0.25, 0.3) is 5.91 Å². The fraction of sp³-hybridized carbons (Fsp3) is 0.261. The van der Waals surface area contributed by atoms with Crippen molar-refractivity contribution in [3.63, 3.8) is 0 Å². The number of rotatable bonds is 7. The monoisotopic (exact) mass is 452 g/mol. The van der Waals surface area contributed by atoms with E-state index in [4.69, 9.17) is 20.8 Å². The molecule has 5 rings (SSSR count). The van der Waals surface area contributed by atoms with E-state index in [1.165, 1.54) is 0 Å². The molecular formula is C23H21ClN4O4. The minimum absolute atomic E-state index is 0.0452. The zero-order chi connectivity index (χ0) is 22.2. The molecular weight excluding hydrogens is 432 g/mol. The summed E-state index contributed by atoms with van der Waals surface area (Å²) in [6.45, 7) is 1.50. The van der Waals surface area contributed by atoms with Crippen LogP contribution in [0.1, 0.15) is 33.2 Å². The Morgan fingerprint density at radius 2 is 2.06 bits per heavy atom. The van der Waals surface area contributed by atoms with Gasteiger partial charge in [-0.1, -0.05) is 35.9 Å². The van der Waals surface area contributed by atoms with Gasteiger partial charge in [-0.15, -0.1) is 0 Å². The molecule has 0 saturated heterocycles. The van der Waals surface area contributed by atoms with E-state index >= 15 is 0 Å². The molecule has 1 atom stereocenters. The van der Waals surface area contributed by atoms with Crippen LogP contribution in [-0.4, -0.2) is 39.3 Å². The molecule has 0 fully saturated rings. The number of nitrogens with zero attached hydrogens (tertiary/aromatic N) is 3. The van der Waals surface area contributed by atoms with Crippen LogP contribution in [0.3, 0.4) is 0 Å². The predicted molar refractivity (Wildman–Crippen MR) is 119 cm³/mol. The zero-order valence-electron chi connectivity index (χ0n) is 17.4. The Hall–Kier alpha value is -3.36. The van der Waals surface area contributed by atoms with Crippen LogP contribution in [0, 0.1) is 0 Å². The highest BCUT2D eigenvalue weighted by Gasteiger charge is 2.37. The Labute approximate surface area is 188 Å². The number of methoxy groups -OCH3 is 1. The zero-order valence-corrected chi connectivity index (χ0v) is 18.1. The van der Waals surface area contributed by atoms with E-state index in [1.807, 2.05) is 35.2 Å². The number of hydrogen-bond donors (Lipinski definition) is 1. The topological polar surface area (TPSA) is 93.4 Å². The predicted octanol–water partition coefficient (Wildman–Crippen LogP) is 3.56. The van der Waals surface area contributed by atoms with Crippen molar-refractivity contribution >= 4 is 28.6 Å². The van der Waals surface area contributed by atoms with Gasteiger partial charge in [0.2, 0.25) is 0 Å². The van der Waals surface area contributed by atoms with Crippen LogP contribution in [-0.2, 0) is 24.2 Å². The van der Waals surface area contributed by atoms with Crippen molar-refractivity contribution in [1.82, 2.24) is 19.7 Å². The number of amides is 1. The number of fused-ring (bicyclic) bond motifs is 2. The second-order valence-corrected chi connectivity index (χ2v) is 8.17. The fourth-order valence-corrected chi connectivity index (χ4v) is 4.42. The Balaban J connectivity index is 1.47. The molecule has 4 aromatic rings. The average Bonchev–Trinajstić information content (AvgIpc) is 3.41. The minimum Gasteiger partial charge on any atom is -0.408 e. The molecule has 0 aliphatic carbocycles. The van der Waals surface area contributed by atoms with Crippen LogP contribution in [0.25, 0.3) is 11.1 Å². The van der Waals surface area contributed by atoms with Gasteiger partial charge in [0.15, 0.2) is 5.58 Å². The third-order valence-electron chi connectivity index (χ3n) is 5.72. The largest absolute Gasteiger partial charge is 0.417 e. The summed E-state index contributed by atoms with van der Waals surface area (Å²) in [6.07, 6.45) is 2.27. The van der Waals surface area contributed by atoms with Gasteiger partial charge in [0.1, 0.15) is 0 Å². The number of carbonyl (C=O) groups is 1. The summed E-state index contributed by atoms with van der Waals surface area (Å²) in [5.74, 6) is -0.547. The molecule has 0 saturated carbocycles. The van der Waals surface area contributed by atoms with Crippen molar-refractivity contribution in [2.45, 2.75) is 25.6 Å². The number of aromatic amines is 1. The third kappa shape index (κ3) is 3.72. The van der Waals surface area contributed by atoms with Crippen LogP contribution in [0.5, 0.6) is 0 Å². The summed E-state index contributed by atoms with van der Waals surface area (Å²) in [5.41, 5.74) is 4.32. The lowest BCUT2D eigenvalue weighted by Crippen LogP contribution is -2.29. The number of hydrogen-bond acceptors (Lipinski definition) is 5. The van der Waals surface area contributed by atoms with E-state index in [1.54, 1.807) is 30.1 Å². The second kappa shape index (κ2) is 8.29. The van der Waals surface area contributed by atoms with Crippen molar-refractivity contribution in [2.24, 2.45) is 0 Å². The number of aromatic nitrogens is 3. The first-order valence-electron chi connectivity index (χ1n) is 10.3. The number of oxazole rings is 1. The number of nitrogens with one attached hydrogen (secondary N) is 1. The molecule has 1 unspecified atom stereocenters. The van der Waals surface area contributed by atoms with Crippen molar-refractivity contribution in [1.29, 1.82) is 0 Å². The van der Waals surface area contributed by atoms with Crippen molar-refractivity contribution < 1.29 is 13.9 Å². The highest BCUT2D eigenvalue weighted by Crippen LogP contribution is 2.38. The van der Waals surface area contributed by atoms with Gasteiger partial charge in [0.05, 0.1) is 35.4 Å². The van der Waals surface area contributed by atoms with Crippen LogP contribution in [0.4, 0.5) is 0 Å². The normalized spacial score (nSPS) is 15.6. The van der Waals surface area contributed by atoms with E-state index in [0.29, 0.717) is 47.8 Å². The number of carbonyl (C=O) groups excluding carboxylic acids is 1. The van der Waals surface area contributed by atoms with Crippen LogP contribution >= 0.6 is 11.6 Å². The highest BCUT2D eigenvalue weighted by molar-refractivity contribution is 6.31. The summed E-state index contributed by atoms with van der Waals surface area (Å²) in [7, 11) is 1.64. The maximum Gasteiger partial charge on any atom is 0.417 e. The first kappa shape index (κ1) is 20.5. The molecule has 0 bridgehead atoms. The van der Waals surface area contributed by atoms with Crippen molar-refractivity contribution in [3.05, 3.63) is 86.6 Å². The Bertz CT molecular complexity index is 1360. The van der Waals surface area contributed by atoms with Crippen molar-refractivity contribution in [2.75, 3.05) is 13.7 Å². The molecule has 1 amide bonds. The molecule has 0 spiro atoms. The average molecular weight is 453 g/mol. The number of H-pyrrole nitrogens is 1. The standard InChI is InChI=1S/C23H21ClN4O4/c1-31-9-8-27-13-17(24)19(26-27)11-20-15-4-2-3-5-16(15)22(29)28(20)12-14-6-7-18-21(10-14)32-23(30)25-18/h2-7,10,13,20H,8-9,11-12H2,1H3,(H,25,30). The summed E-state index contributed by atoms with van der Waals surface area (Å²) < 4.78 is 12.1. The Morgan fingerprint density at radius 1 is 1.22 bits per heavy atom. The van der Waals surface area contributed by atoms with Gasteiger partial charge in [-0.25, -0.2) is 4.79 Å². The van der Waals surface area contributed by atoms with Gasteiger partial charge in [0, 0.05) is 31.8 Å². The van der Waals surface area contributed by atoms with Gasteiger partial charge in [-0.05, 0) is 29.3 Å². The maximum absolute atomic E-state index is 13.3. The van der Waals surface area contributed by atoms with Gasteiger partial charge in [-0.3, -0.25) is 14.5 Å². The molecule has 2 aromatic heterocycles. The SMILES string of the molecule is COCCn1cc(Cl)c(CC2c3ccccc3C(=O)N2Cc2ccc3[nH]c(=O)oc3c2)n1. The highest BCUT2D eigenvalue weighted by atomic mass is 35.5. The molecule has 8 nitrogen and oxygen atoms in total. The molecule has 1 N–H and O–H groups in total. The second-order valence-electron chi connectivity index (χ2n) is 7.76. The molecule has 3 heterocycles. The van der Waals surface area contributed by atoms with Gasteiger partial charge >= 0.3 is 5.76 Å². The Kier molecular flexibility index (Phi) is 5.32. The van der Waals surface area contributed by atoms with Crippen LogP contribution in [0.15, 0.2) is 57.9 Å². The maximum atomic E-state index is 13.3. The van der Waals surface area contributed by atoms with Gasteiger partial charge in [-0.2, -0.15) is 5.10 Å². The molecule has 9 heteroatoms. The van der Waals surface area contributed by atoms with Crippen molar-refractivity contribution in [3.8, 4) is 0 Å². The third-order valence-corrected chi connectivity index (χ3v) is 6.04.